The predicted octanol–water partition coefficient (Wildman–Crippen LogP) is 0.769. The molecule has 0 aliphatic rings. The van der Waals surface area contributed by atoms with E-state index in [0.29, 0.717) is 5.13 Å². The molecule has 2 atom stereocenters. The molecular formula is C8H12N4O3S. The molecule has 1 aromatic rings. The topological polar surface area (TPSA) is 104 Å². The third kappa shape index (κ3) is 3.46. The summed E-state index contributed by atoms with van der Waals surface area (Å²) in [5.41, 5.74) is 1.49. The summed E-state index contributed by atoms with van der Waals surface area (Å²) in [7, 11) is 0. The van der Waals surface area contributed by atoms with E-state index in [4.69, 9.17) is 5.11 Å². The summed E-state index contributed by atoms with van der Waals surface area (Å²) in [5, 5.41) is 21.2. The Morgan fingerprint density at radius 2 is 2.19 bits per heavy atom. The van der Waals surface area contributed by atoms with Gasteiger partial charge in [-0.15, -0.1) is 10.2 Å². The van der Waals surface area contributed by atoms with Gasteiger partial charge in [-0.1, -0.05) is 11.3 Å². The van der Waals surface area contributed by atoms with Crippen LogP contribution in [-0.4, -0.2) is 33.3 Å². The van der Waals surface area contributed by atoms with E-state index >= 15 is 0 Å². The highest BCUT2D eigenvalue weighted by atomic mass is 32.1. The van der Waals surface area contributed by atoms with Crippen molar-refractivity contribution in [1.29, 1.82) is 0 Å². The lowest BCUT2D eigenvalue weighted by atomic mass is 10.0. The number of anilines is 1. The van der Waals surface area contributed by atoms with Gasteiger partial charge in [-0.3, -0.25) is 10.1 Å². The molecule has 7 nitrogen and oxygen atoms in total. The Hall–Kier alpha value is -1.70. The lowest BCUT2D eigenvalue weighted by molar-refractivity contribution is -0.141. The molecule has 0 saturated carbocycles. The summed E-state index contributed by atoms with van der Waals surface area (Å²) in [4.78, 5) is 22.0. The van der Waals surface area contributed by atoms with Crippen LogP contribution in [0.5, 0.6) is 0 Å². The first-order valence-electron chi connectivity index (χ1n) is 4.57. The zero-order chi connectivity index (χ0) is 12.1. The number of carboxylic acid groups (broad SMARTS) is 1. The number of amides is 2. The van der Waals surface area contributed by atoms with Gasteiger partial charge >= 0.3 is 12.0 Å². The number of aliphatic carboxylic acids is 1. The molecule has 3 N–H and O–H groups in total. The molecule has 2 unspecified atom stereocenters. The molecule has 8 heteroatoms. The number of aromatic nitrogens is 2. The molecule has 16 heavy (non-hydrogen) atoms. The first-order chi connectivity index (χ1) is 7.50. The molecular weight excluding hydrogens is 232 g/mol. The standard InChI is InChI=1S/C8H12N4O3S/c1-4(6(13)14)5(2)10-7(15)11-8-12-9-3-16-8/h3-5H,1-2H3,(H,13,14)(H2,10,11,12,15). The Labute approximate surface area is 95.9 Å². The molecule has 0 saturated heterocycles. The van der Waals surface area contributed by atoms with E-state index in [2.05, 4.69) is 20.8 Å². The molecule has 1 aromatic heterocycles. The summed E-state index contributed by atoms with van der Waals surface area (Å²) < 4.78 is 0. The van der Waals surface area contributed by atoms with Crippen LogP contribution in [0.3, 0.4) is 0 Å². The van der Waals surface area contributed by atoms with Gasteiger partial charge in [-0.25, -0.2) is 4.79 Å². The average molecular weight is 244 g/mol. The van der Waals surface area contributed by atoms with Crippen molar-refractivity contribution in [2.45, 2.75) is 19.9 Å². The van der Waals surface area contributed by atoms with Gasteiger partial charge in [0.15, 0.2) is 0 Å². The number of carbonyl (C=O) groups is 2. The monoisotopic (exact) mass is 244 g/mol. The molecule has 0 radical (unpaired) electrons. The maximum atomic E-state index is 11.4. The molecule has 0 aromatic carbocycles. The molecule has 1 rings (SSSR count). The average Bonchev–Trinajstić information content (AvgIpc) is 2.68. The third-order valence-corrected chi connectivity index (χ3v) is 2.69. The minimum Gasteiger partial charge on any atom is -0.481 e. The molecule has 2 amide bonds. The van der Waals surface area contributed by atoms with Crippen molar-refractivity contribution in [2.75, 3.05) is 5.32 Å². The van der Waals surface area contributed by atoms with E-state index in [-0.39, 0.29) is 0 Å². The SMILES string of the molecule is CC(NC(=O)Nc1nncs1)C(C)C(=O)O. The number of nitrogens with one attached hydrogen (secondary N) is 2. The van der Waals surface area contributed by atoms with Crippen LogP contribution in [0.1, 0.15) is 13.8 Å². The maximum Gasteiger partial charge on any atom is 0.321 e. The highest BCUT2D eigenvalue weighted by Crippen LogP contribution is 2.08. The highest BCUT2D eigenvalue weighted by molar-refractivity contribution is 7.13. The highest BCUT2D eigenvalue weighted by Gasteiger charge is 2.21. The fraction of sp³-hybridized carbons (Fsp3) is 0.500. The number of hydrogen-bond acceptors (Lipinski definition) is 5. The minimum atomic E-state index is -0.955. The fourth-order valence-corrected chi connectivity index (χ4v) is 1.35. The normalized spacial score (nSPS) is 13.9. The zero-order valence-electron chi connectivity index (χ0n) is 8.80. The van der Waals surface area contributed by atoms with Crippen LogP contribution in [0, 0.1) is 5.92 Å². The second-order valence-electron chi connectivity index (χ2n) is 3.26. The van der Waals surface area contributed by atoms with Gasteiger partial charge in [0, 0.05) is 6.04 Å². The van der Waals surface area contributed by atoms with Crippen LogP contribution in [-0.2, 0) is 4.79 Å². The van der Waals surface area contributed by atoms with E-state index in [1.807, 2.05) is 0 Å². The zero-order valence-corrected chi connectivity index (χ0v) is 9.61. The number of carbonyl (C=O) groups excluding carboxylic acids is 1. The predicted molar refractivity (Wildman–Crippen MR) is 58.3 cm³/mol. The van der Waals surface area contributed by atoms with Crippen molar-refractivity contribution >= 4 is 28.5 Å². The van der Waals surface area contributed by atoms with Crippen LogP contribution >= 0.6 is 11.3 Å². The summed E-state index contributed by atoms with van der Waals surface area (Å²) in [5.74, 6) is -1.61. The molecule has 0 aliphatic carbocycles. The second kappa shape index (κ2) is 5.40. The maximum absolute atomic E-state index is 11.4. The fourth-order valence-electron chi connectivity index (χ4n) is 0.906. The summed E-state index contributed by atoms with van der Waals surface area (Å²) >= 11 is 1.18. The lowest BCUT2D eigenvalue weighted by Gasteiger charge is -2.17. The van der Waals surface area contributed by atoms with Crippen LogP contribution in [0.15, 0.2) is 5.51 Å². The van der Waals surface area contributed by atoms with Gasteiger partial charge in [-0.2, -0.15) is 0 Å². The Morgan fingerprint density at radius 3 is 2.69 bits per heavy atom. The quantitative estimate of drug-likeness (QED) is 0.725. The van der Waals surface area contributed by atoms with Gasteiger partial charge in [0.25, 0.3) is 0 Å². The summed E-state index contributed by atoms with van der Waals surface area (Å²) in [6.07, 6.45) is 0. The van der Waals surface area contributed by atoms with E-state index in [0.717, 1.165) is 0 Å². The van der Waals surface area contributed by atoms with E-state index < -0.39 is 24.0 Å². The molecule has 0 fully saturated rings. The second-order valence-corrected chi connectivity index (χ2v) is 4.09. The molecule has 0 bridgehead atoms. The van der Waals surface area contributed by atoms with Crippen molar-refractivity contribution in [1.82, 2.24) is 15.5 Å². The number of carboxylic acids is 1. The Kier molecular flexibility index (Phi) is 4.18. The van der Waals surface area contributed by atoms with Gasteiger partial charge in [0.2, 0.25) is 5.13 Å². The van der Waals surface area contributed by atoms with Crippen molar-refractivity contribution in [3.8, 4) is 0 Å². The number of hydrogen-bond donors (Lipinski definition) is 3. The van der Waals surface area contributed by atoms with E-state index in [1.165, 1.54) is 23.8 Å². The minimum absolute atomic E-state index is 0.368. The molecule has 0 spiro atoms. The van der Waals surface area contributed by atoms with Crippen molar-refractivity contribution in [3.05, 3.63) is 5.51 Å². The largest absolute Gasteiger partial charge is 0.481 e. The van der Waals surface area contributed by atoms with E-state index in [9.17, 15) is 9.59 Å². The van der Waals surface area contributed by atoms with Crippen LogP contribution in [0.4, 0.5) is 9.93 Å². The van der Waals surface area contributed by atoms with Gasteiger partial charge < -0.3 is 10.4 Å². The smallest absolute Gasteiger partial charge is 0.321 e. The first-order valence-corrected chi connectivity index (χ1v) is 5.45. The van der Waals surface area contributed by atoms with Crippen molar-refractivity contribution in [2.24, 2.45) is 5.92 Å². The number of rotatable bonds is 4. The molecule has 0 aliphatic heterocycles. The molecule has 1 heterocycles. The van der Waals surface area contributed by atoms with E-state index in [1.54, 1.807) is 6.92 Å². The summed E-state index contributed by atoms with van der Waals surface area (Å²) in [6, 6.07) is -0.956. The number of urea groups is 1. The van der Waals surface area contributed by atoms with Crippen LogP contribution in [0.25, 0.3) is 0 Å². The number of nitrogens with zero attached hydrogens (tertiary/aromatic N) is 2. The third-order valence-electron chi connectivity index (χ3n) is 2.08. The van der Waals surface area contributed by atoms with Crippen LogP contribution < -0.4 is 10.6 Å². The first kappa shape index (κ1) is 12.4. The van der Waals surface area contributed by atoms with Gasteiger partial charge in [-0.05, 0) is 13.8 Å². The van der Waals surface area contributed by atoms with Crippen molar-refractivity contribution in [3.63, 3.8) is 0 Å². The Bertz CT molecular complexity index is 367. The summed E-state index contributed by atoms with van der Waals surface area (Å²) in [6.45, 7) is 3.15. The van der Waals surface area contributed by atoms with Crippen molar-refractivity contribution < 1.29 is 14.7 Å². The Morgan fingerprint density at radius 1 is 1.50 bits per heavy atom. The molecule has 88 valence electrons. The van der Waals surface area contributed by atoms with Gasteiger partial charge in [0.05, 0.1) is 5.92 Å². The van der Waals surface area contributed by atoms with Gasteiger partial charge in [0.1, 0.15) is 5.51 Å². The van der Waals surface area contributed by atoms with Crippen LogP contribution in [0.2, 0.25) is 0 Å². The lowest BCUT2D eigenvalue weighted by Crippen LogP contribution is -2.42. The Balaban J connectivity index is 2.42.